The molecule has 6 nitrogen and oxygen atoms in total. The van der Waals surface area contributed by atoms with E-state index in [4.69, 9.17) is 4.74 Å². The van der Waals surface area contributed by atoms with Gasteiger partial charge < -0.3 is 15.4 Å². The maximum absolute atomic E-state index is 13.0. The number of para-hydroxylation sites is 1. The van der Waals surface area contributed by atoms with Crippen LogP contribution in [0.4, 0.5) is 10.5 Å². The summed E-state index contributed by atoms with van der Waals surface area (Å²) in [5.41, 5.74) is 2.61. The van der Waals surface area contributed by atoms with Crippen LogP contribution >= 0.6 is 0 Å². The smallest absolute Gasteiger partial charge is 0.325 e. The van der Waals surface area contributed by atoms with Gasteiger partial charge in [-0.25, -0.2) is 4.79 Å². The van der Waals surface area contributed by atoms with Crippen LogP contribution in [0.1, 0.15) is 40.9 Å². The molecule has 0 aliphatic carbocycles. The predicted octanol–water partition coefficient (Wildman–Crippen LogP) is 4.43. The van der Waals surface area contributed by atoms with Crippen molar-refractivity contribution in [3.8, 4) is 5.75 Å². The van der Waals surface area contributed by atoms with E-state index in [1.807, 2.05) is 61.5 Å². The third-order valence-corrected chi connectivity index (χ3v) is 6.11. The Balaban J connectivity index is 1.29. The maximum atomic E-state index is 13.0. The number of carbonyl (C=O) groups is 2. The van der Waals surface area contributed by atoms with Gasteiger partial charge in [0.15, 0.2) is 5.72 Å². The van der Waals surface area contributed by atoms with E-state index in [0.29, 0.717) is 24.2 Å². The SMILES string of the molecule is C[C@@]12C[C@@H](NC(=O)N1c1ccc(C(=O)NCCc3ccccc3)cc1)c1ccccc1O2. The van der Waals surface area contributed by atoms with E-state index in [-0.39, 0.29) is 18.0 Å². The monoisotopic (exact) mass is 427 g/mol. The second kappa shape index (κ2) is 8.04. The molecule has 3 aromatic rings. The number of nitrogens with one attached hydrogen (secondary N) is 2. The molecule has 5 rings (SSSR count). The van der Waals surface area contributed by atoms with Gasteiger partial charge in [-0.15, -0.1) is 0 Å². The molecule has 1 saturated heterocycles. The number of fused-ring (bicyclic) bond motifs is 4. The highest BCUT2D eigenvalue weighted by molar-refractivity contribution is 5.97. The third kappa shape index (κ3) is 3.68. The van der Waals surface area contributed by atoms with Crippen molar-refractivity contribution in [3.05, 3.63) is 95.6 Å². The van der Waals surface area contributed by atoms with E-state index in [1.54, 1.807) is 29.2 Å². The Bertz CT molecular complexity index is 1150. The van der Waals surface area contributed by atoms with Crippen molar-refractivity contribution in [2.24, 2.45) is 0 Å². The summed E-state index contributed by atoms with van der Waals surface area (Å²) >= 11 is 0. The standard InChI is InChI=1S/C26H25N3O3/c1-26-17-22(21-9-5-6-10-23(21)32-26)28-25(31)29(26)20-13-11-19(12-14-20)24(30)27-16-15-18-7-3-2-4-8-18/h2-14,22H,15-17H2,1H3,(H,27,30)(H,28,31)/t22-,26-/m1/s1. The van der Waals surface area contributed by atoms with Crippen LogP contribution in [0.3, 0.4) is 0 Å². The number of hydrogen-bond donors (Lipinski definition) is 2. The van der Waals surface area contributed by atoms with Crippen LogP contribution in [-0.4, -0.2) is 24.2 Å². The molecule has 2 heterocycles. The van der Waals surface area contributed by atoms with Crippen LogP contribution in [0.25, 0.3) is 0 Å². The van der Waals surface area contributed by atoms with E-state index in [9.17, 15) is 9.59 Å². The Labute approximate surface area is 187 Å². The second-order valence-corrected chi connectivity index (χ2v) is 8.39. The van der Waals surface area contributed by atoms with Gasteiger partial charge in [0.05, 0.1) is 6.04 Å². The largest absolute Gasteiger partial charge is 0.467 e. The van der Waals surface area contributed by atoms with Crippen molar-refractivity contribution in [1.29, 1.82) is 0 Å². The number of urea groups is 1. The van der Waals surface area contributed by atoms with Crippen LogP contribution in [-0.2, 0) is 6.42 Å². The number of anilines is 1. The van der Waals surface area contributed by atoms with E-state index < -0.39 is 5.72 Å². The van der Waals surface area contributed by atoms with E-state index in [2.05, 4.69) is 10.6 Å². The zero-order valence-corrected chi connectivity index (χ0v) is 17.9. The fraction of sp³-hybridized carbons (Fsp3) is 0.231. The number of amides is 3. The molecule has 3 aromatic carbocycles. The van der Waals surface area contributed by atoms with Crippen molar-refractivity contribution in [3.63, 3.8) is 0 Å². The summed E-state index contributed by atoms with van der Waals surface area (Å²) in [6, 6.07) is 24.6. The third-order valence-electron chi connectivity index (χ3n) is 6.11. The Morgan fingerprint density at radius 1 is 1.06 bits per heavy atom. The quantitative estimate of drug-likeness (QED) is 0.633. The second-order valence-electron chi connectivity index (χ2n) is 8.39. The molecule has 2 N–H and O–H groups in total. The maximum Gasteiger partial charge on any atom is 0.325 e. The molecule has 1 fully saturated rings. The lowest BCUT2D eigenvalue weighted by Gasteiger charge is -2.50. The molecule has 2 aliphatic heterocycles. The number of carbonyl (C=O) groups excluding carboxylic acids is 2. The summed E-state index contributed by atoms with van der Waals surface area (Å²) < 4.78 is 6.29. The van der Waals surface area contributed by atoms with Crippen molar-refractivity contribution < 1.29 is 14.3 Å². The predicted molar refractivity (Wildman–Crippen MR) is 123 cm³/mol. The topological polar surface area (TPSA) is 70.7 Å². The van der Waals surface area contributed by atoms with Gasteiger partial charge in [0.1, 0.15) is 5.75 Å². The summed E-state index contributed by atoms with van der Waals surface area (Å²) in [5, 5.41) is 6.04. The van der Waals surface area contributed by atoms with E-state index in [0.717, 1.165) is 17.7 Å². The zero-order valence-electron chi connectivity index (χ0n) is 17.9. The normalized spacial score (nSPS) is 21.2. The van der Waals surface area contributed by atoms with Crippen LogP contribution in [0.5, 0.6) is 5.75 Å². The fourth-order valence-corrected chi connectivity index (χ4v) is 4.54. The molecule has 32 heavy (non-hydrogen) atoms. The van der Waals surface area contributed by atoms with Crippen LogP contribution < -0.4 is 20.3 Å². The fourth-order valence-electron chi connectivity index (χ4n) is 4.54. The summed E-state index contributed by atoms with van der Waals surface area (Å²) in [6.07, 6.45) is 1.41. The van der Waals surface area contributed by atoms with Gasteiger partial charge in [-0.3, -0.25) is 9.69 Å². The first-order valence-corrected chi connectivity index (χ1v) is 10.8. The lowest BCUT2D eigenvalue weighted by atomic mass is 9.90. The average molecular weight is 428 g/mol. The molecule has 0 aromatic heterocycles. The highest BCUT2D eigenvalue weighted by atomic mass is 16.5. The minimum absolute atomic E-state index is 0.0802. The highest BCUT2D eigenvalue weighted by Gasteiger charge is 2.49. The van der Waals surface area contributed by atoms with Crippen LogP contribution in [0.2, 0.25) is 0 Å². The number of rotatable bonds is 5. The van der Waals surface area contributed by atoms with Crippen molar-refractivity contribution in [2.45, 2.75) is 31.5 Å². The first-order chi connectivity index (χ1) is 15.5. The Morgan fingerprint density at radius 3 is 2.56 bits per heavy atom. The first kappa shape index (κ1) is 20.1. The molecule has 0 saturated carbocycles. The molecule has 0 spiro atoms. The van der Waals surface area contributed by atoms with Gasteiger partial charge in [-0.2, -0.15) is 0 Å². The summed E-state index contributed by atoms with van der Waals surface area (Å²) in [4.78, 5) is 27.1. The van der Waals surface area contributed by atoms with Crippen molar-refractivity contribution in [1.82, 2.24) is 10.6 Å². The zero-order chi connectivity index (χ0) is 22.1. The van der Waals surface area contributed by atoms with Crippen LogP contribution in [0.15, 0.2) is 78.9 Å². The molecular formula is C26H25N3O3. The lowest BCUT2D eigenvalue weighted by Crippen LogP contribution is -2.65. The summed E-state index contributed by atoms with van der Waals surface area (Å²) in [6.45, 7) is 2.49. The molecule has 162 valence electrons. The first-order valence-electron chi connectivity index (χ1n) is 10.8. The molecule has 6 heteroatoms. The minimum atomic E-state index is -0.805. The van der Waals surface area contributed by atoms with Gasteiger partial charge in [0.2, 0.25) is 0 Å². The highest BCUT2D eigenvalue weighted by Crippen LogP contribution is 2.45. The summed E-state index contributed by atoms with van der Waals surface area (Å²) in [7, 11) is 0. The van der Waals surface area contributed by atoms with E-state index >= 15 is 0 Å². The Hall–Kier alpha value is -3.80. The van der Waals surface area contributed by atoms with Gasteiger partial charge in [-0.1, -0.05) is 48.5 Å². The molecule has 2 aliphatic rings. The van der Waals surface area contributed by atoms with Crippen LogP contribution in [0, 0.1) is 0 Å². The number of nitrogens with zero attached hydrogens (tertiary/aromatic N) is 1. The minimum Gasteiger partial charge on any atom is -0.467 e. The molecular weight excluding hydrogens is 402 g/mol. The molecule has 0 radical (unpaired) electrons. The number of hydrogen-bond acceptors (Lipinski definition) is 3. The molecule has 3 amide bonds. The van der Waals surface area contributed by atoms with Gasteiger partial charge in [0.25, 0.3) is 5.91 Å². The molecule has 2 bridgehead atoms. The van der Waals surface area contributed by atoms with Gasteiger partial charge >= 0.3 is 6.03 Å². The number of ether oxygens (including phenoxy) is 1. The Morgan fingerprint density at radius 2 is 1.78 bits per heavy atom. The van der Waals surface area contributed by atoms with Gasteiger partial charge in [0, 0.05) is 29.8 Å². The Kier molecular flexibility index (Phi) is 5.05. The summed E-state index contributed by atoms with van der Waals surface area (Å²) in [5.74, 6) is 0.648. The lowest BCUT2D eigenvalue weighted by molar-refractivity contribution is 0.0379. The molecule has 0 unspecified atom stereocenters. The van der Waals surface area contributed by atoms with Gasteiger partial charge in [-0.05, 0) is 49.2 Å². The van der Waals surface area contributed by atoms with Crippen molar-refractivity contribution >= 4 is 17.6 Å². The van der Waals surface area contributed by atoms with Crippen molar-refractivity contribution in [2.75, 3.05) is 11.4 Å². The van der Waals surface area contributed by atoms with E-state index in [1.165, 1.54) is 5.56 Å². The number of benzene rings is 3. The average Bonchev–Trinajstić information content (AvgIpc) is 2.79. The molecule has 2 atom stereocenters.